The van der Waals surface area contributed by atoms with Crippen LogP contribution >= 0.6 is 23.2 Å². The highest BCUT2D eigenvalue weighted by molar-refractivity contribution is 6.39. The van der Waals surface area contributed by atoms with Gasteiger partial charge in [0.05, 0.1) is 22.7 Å². The maximum Gasteiger partial charge on any atom is 0.341 e. The first-order chi connectivity index (χ1) is 11.4. The molecule has 1 amide bonds. The van der Waals surface area contributed by atoms with E-state index in [0.717, 1.165) is 0 Å². The van der Waals surface area contributed by atoms with Crippen molar-refractivity contribution in [3.05, 3.63) is 58.1 Å². The molecular formula is C17H15Cl2NO4. The van der Waals surface area contributed by atoms with Gasteiger partial charge in [-0.3, -0.25) is 4.79 Å². The van der Waals surface area contributed by atoms with Crippen LogP contribution < -0.4 is 10.1 Å². The molecule has 0 aliphatic carbocycles. The molecular weight excluding hydrogens is 353 g/mol. The number of hydrogen-bond donors (Lipinski definition) is 1. The Morgan fingerprint density at radius 2 is 1.62 bits per heavy atom. The number of anilines is 1. The van der Waals surface area contributed by atoms with Gasteiger partial charge in [0.2, 0.25) is 0 Å². The minimum Gasteiger partial charge on any atom is -0.497 e. The molecule has 24 heavy (non-hydrogen) atoms. The smallest absolute Gasteiger partial charge is 0.341 e. The van der Waals surface area contributed by atoms with E-state index in [0.29, 0.717) is 11.4 Å². The first kappa shape index (κ1) is 18.1. The molecule has 2 aromatic carbocycles. The zero-order valence-electron chi connectivity index (χ0n) is 13.0. The second-order valence-corrected chi connectivity index (χ2v) is 5.68. The first-order valence-electron chi connectivity index (χ1n) is 7.02. The summed E-state index contributed by atoms with van der Waals surface area (Å²) in [7, 11) is 1.55. The standard InChI is InChI=1S/C17H15Cl2NO4/c1-10(16(21)20-11-6-8-12(23-2)9-7-11)24-17(22)15-13(18)4-3-5-14(15)19/h3-10H,1-2H3,(H,20,21). The van der Waals surface area contributed by atoms with Crippen LogP contribution in [0, 0.1) is 0 Å². The molecule has 0 fully saturated rings. The van der Waals surface area contributed by atoms with Crippen molar-refractivity contribution in [2.75, 3.05) is 12.4 Å². The zero-order chi connectivity index (χ0) is 17.7. The number of halogens is 2. The third kappa shape index (κ3) is 4.40. The van der Waals surface area contributed by atoms with E-state index in [4.69, 9.17) is 32.7 Å². The fourth-order valence-electron chi connectivity index (χ4n) is 1.88. The van der Waals surface area contributed by atoms with Crippen molar-refractivity contribution < 1.29 is 19.1 Å². The van der Waals surface area contributed by atoms with Gasteiger partial charge in [-0.05, 0) is 43.3 Å². The fourth-order valence-corrected chi connectivity index (χ4v) is 2.44. The van der Waals surface area contributed by atoms with E-state index in [1.165, 1.54) is 19.1 Å². The number of carbonyl (C=O) groups is 2. The largest absolute Gasteiger partial charge is 0.497 e. The van der Waals surface area contributed by atoms with Gasteiger partial charge in [0, 0.05) is 5.69 Å². The predicted octanol–water partition coefficient (Wildman–Crippen LogP) is 4.19. The predicted molar refractivity (Wildman–Crippen MR) is 93.0 cm³/mol. The Kier molecular flexibility index (Phi) is 6.06. The van der Waals surface area contributed by atoms with Crippen LogP contribution in [-0.4, -0.2) is 25.1 Å². The van der Waals surface area contributed by atoms with E-state index in [-0.39, 0.29) is 15.6 Å². The molecule has 0 radical (unpaired) electrons. The number of esters is 1. The van der Waals surface area contributed by atoms with E-state index in [2.05, 4.69) is 5.32 Å². The molecule has 2 aromatic rings. The second-order valence-electron chi connectivity index (χ2n) is 4.86. The maximum absolute atomic E-state index is 12.1. The van der Waals surface area contributed by atoms with Crippen molar-refractivity contribution in [3.8, 4) is 5.75 Å². The lowest BCUT2D eigenvalue weighted by Gasteiger charge is -2.14. The lowest BCUT2D eigenvalue weighted by atomic mass is 10.2. The monoisotopic (exact) mass is 367 g/mol. The molecule has 0 aliphatic rings. The van der Waals surface area contributed by atoms with Crippen molar-refractivity contribution in [1.82, 2.24) is 0 Å². The van der Waals surface area contributed by atoms with Gasteiger partial charge in [-0.25, -0.2) is 4.79 Å². The van der Waals surface area contributed by atoms with Gasteiger partial charge >= 0.3 is 5.97 Å². The normalized spacial score (nSPS) is 11.5. The summed E-state index contributed by atoms with van der Waals surface area (Å²) in [5, 5.41) is 2.97. The highest BCUT2D eigenvalue weighted by atomic mass is 35.5. The lowest BCUT2D eigenvalue weighted by Crippen LogP contribution is -2.30. The number of methoxy groups -OCH3 is 1. The Hall–Kier alpha value is -2.24. The minimum atomic E-state index is -1.02. The summed E-state index contributed by atoms with van der Waals surface area (Å²) in [4.78, 5) is 24.3. The summed E-state index contributed by atoms with van der Waals surface area (Å²) in [6, 6.07) is 11.4. The van der Waals surface area contributed by atoms with Crippen LogP contribution in [0.25, 0.3) is 0 Å². The van der Waals surface area contributed by atoms with Crippen LogP contribution in [0.3, 0.4) is 0 Å². The van der Waals surface area contributed by atoms with Crippen LogP contribution in [0.4, 0.5) is 5.69 Å². The molecule has 0 heterocycles. The number of benzene rings is 2. The van der Waals surface area contributed by atoms with Gasteiger partial charge in [0.1, 0.15) is 5.75 Å². The third-order valence-electron chi connectivity index (χ3n) is 3.18. The van der Waals surface area contributed by atoms with Crippen LogP contribution in [0.2, 0.25) is 10.0 Å². The van der Waals surface area contributed by atoms with Gasteiger partial charge in [-0.2, -0.15) is 0 Å². The number of amides is 1. The molecule has 1 unspecified atom stereocenters. The number of rotatable bonds is 5. The minimum absolute atomic E-state index is 0.0323. The summed E-state index contributed by atoms with van der Waals surface area (Å²) >= 11 is 11.9. The fraction of sp³-hybridized carbons (Fsp3) is 0.176. The summed E-state index contributed by atoms with van der Waals surface area (Å²) in [6.07, 6.45) is -1.02. The molecule has 0 saturated heterocycles. The summed E-state index contributed by atoms with van der Waals surface area (Å²) in [6.45, 7) is 1.46. The number of carbonyl (C=O) groups excluding carboxylic acids is 2. The van der Waals surface area contributed by atoms with Crippen LogP contribution in [0.5, 0.6) is 5.75 Å². The van der Waals surface area contributed by atoms with Gasteiger partial charge in [-0.1, -0.05) is 29.3 Å². The molecule has 7 heteroatoms. The maximum atomic E-state index is 12.1. The molecule has 0 aromatic heterocycles. The molecule has 1 N–H and O–H groups in total. The average Bonchev–Trinajstić information content (AvgIpc) is 2.55. The van der Waals surface area contributed by atoms with Gasteiger partial charge in [0.15, 0.2) is 6.10 Å². The Bertz CT molecular complexity index is 727. The Labute approximate surface area is 149 Å². The van der Waals surface area contributed by atoms with E-state index in [1.807, 2.05) is 0 Å². The molecule has 0 saturated carbocycles. The summed E-state index contributed by atoms with van der Waals surface area (Å²) in [5.74, 6) is -0.569. The highest BCUT2D eigenvalue weighted by Gasteiger charge is 2.22. The molecule has 2 rings (SSSR count). The lowest BCUT2D eigenvalue weighted by molar-refractivity contribution is -0.123. The highest BCUT2D eigenvalue weighted by Crippen LogP contribution is 2.25. The Morgan fingerprint density at radius 1 is 1.04 bits per heavy atom. The van der Waals surface area contributed by atoms with E-state index >= 15 is 0 Å². The van der Waals surface area contributed by atoms with E-state index < -0.39 is 18.0 Å². The van der Waals surface area contributed by atoms with Gasteiger partial charge in [0.25, 0.3) is 5.91 Å². The van der Waals surface area contributed by atoms with Crippen molar-refractivity contribution in [3.63, 3.8) is 0 Å². The van der Waals surface area contributed by atoms with Gasteiger partial charge < -0.3 is 14.8 Å². The van der Waals surface area contributed by atoms with Crippen LogP contribution in [-0.2, 0) is 9.53 Å². The summed E-state index contributed by atoms with van der Waals surface area (Å²) < 4.78 is 10.2. The molecule has 5 nitrogen and oxygen atoms in total. The number of ether oxygens (including phenoxy) is 2. The number of hydrogen-bond acceptors (Lipinski definition) is 4. The van der Waals surface area contributed by atoms with Crippen LogP contribution in [0.1, 0.15) is 17.3 Å². The third-order valence-corrected chi connectivity index (χ3v) is 3.81. The van der Waals surface area contributed by atoms with Crippen molar-refractivity contribution in [2.24, 2.45) is 0 Å². The van der Waals surface area contributed by atoms with Crippen LogP contribution in [0.15, 0.2) is 42.5 Å². The second kappa shape index (κ2) is 8.04. The quantitative estimate of drug-likeness (QED) is 0.804. The van der Waals surface area contributed by atoms with Crippen molar-refractivity contribution >= 4 is 40.8 Å². The van der Waals surface area contributed by atoms with E-state index in [1.54, 1.807) is 37.4 Å². The average molecular weight is 368 g/mol. The molecule has 0 spiro atoms. The summed E-state index contributed by atoms with van der Waals surface area (Å²) in [5.41, 5.74) is 0.587. The zero-order valence-corrected chi connectivity index (χ0v) is 14.5. The molecule has 0 bridgehead atoms. The Balaban J connectivity index is 2.01. The molecule has 0 aliphatic heterocycles. The van der Waals surface area contributed by atoms with Gasteiger partial charge in [-0.15, -0.1) is 0 Å². The SMILES string of the molecule is COc1ccc(NC(=O)C(C)OC(=O)c2c(Cl)cccc2Cl)cc1. The Morgan fingerprint density at radius 3 is 2.17 bits per heavy atom. The first-order valence-corrected chi connectivity index (χ1v) is 7.78. The molecule has 126 valence electrons. The van der Waals surface area contributed by atoms with E-state index in [9.17, 15) is 9.59 Å². The van der Waals surface area contributed by atoms with Crippen molar-refractivity contribution in [2.45, 2.75) is 13.0 Å². The number of nitrogens with one attached hydrogen (secondary N) is 1. The molecule has 1 atom stereocenters. The topological polar surface area (TPSA) is 64.6 Å². The van der Waals surface area contributed by atoms with Crippen molar-refractivity contribution in [1.29, 1.82) is 0 Å².